The quantitative estimate of drug-likeness (QED) is 0.449. The van der Waals surface area contributed by atoms with Gasteiger partial charge in [-0.25, -0.2) is 0 Å². The van der Waals surface area contributed by atoms with Gasteiger partial charge in [0.25, 0.3) is 15.9 Å². The maximum absolute atomic E-state index is 14.7. The number of aliphatic hydroxyl groups is 1. The van der Waals surface area contributed by atoms with Crippen LogP contribution in [0.2, 0.25) is 5.02 Å². The van der Waals surface area contributed by atoms with Crippen molar-refractivity contribution in [2.45, 2.75) is 35.2 Å². The Bertz CT molecular complexity index is 1480. The number of anilines is 1. The maximum Gasteiger partial charge on any atom is 0.321 e. The monoisotopic (exact) mass is 562 g/mol. The SMILES string of the molecule is CCOc1ccccc1C1(N2C[C@H](O)C[C@H]2C(=O)O)C(=O)N(S(=O)(=O)c2cccs2)c2ccc(Cl)cc21. The number of β-amino-alcohol motifs (C(OH)–C–C–N with tert-alkyl or cyclic N) is 1. The van der Waals surface area contributed by atoms with Crippen molar-refractivity contribution in [3.05, 3.63) is 76.1 Å². The van der Waals surface area contributed by atoms with Gasteiger partial charge in [0.15, 0.2) is 5.54 Å². The molecule has 0 bridgehead atoms. The predicted octanol–water partition coefficient (Wildman–Crippen LogP) is 3.30. The number of fused-ring (bicyclic) bond motifs is 1. The van der Waals surface area contributed by atoms with Crippen LogP contribution in [-0.4, -0.2) is 60.7 Å². The number of carbonyl (C=O) groups excluding carboxylic acids is 1. The summed E-state index contributed by atoms with van der Waals surface area (Å²) < 4.78 is 34.2. The number of rotatable bonds is 7. The fourth-order valence-corrected chi connectivity index (χ4v) is 7.94. The standard InChI is InChI=1S/C25H23ClN2O7S2/c1-2-35-21-7-4-3-6-17(21)25(27-14-16(29)13-20(27)23(30)31)18-12-15(26)9-10-19(18)28(24(25)32)37(33,34)22-8-5-11-36-22/h3-12,16,20,29H,2,13-14H2,1H3,(H,30,31)/t16-,20+,25?/m1/s1. The molecule has 3 aromatic rings. The lowest BCUT2D eigenvalue weighted by atomic mass is 9.81. The maximum atomic E-state index is 14.7. The van der Waals surface area contributed by atoms with E-state index in [2.05, 4.69) is 0 Å². The highest BCUT2D eigenvalue weighted by Crippen LogP contribution is 2.55. The van der Waals surface area contributed by atoms with Crippen LogP contribution in [0.15, 0.2) is 64.2 Å². The molecule has 2 aromatic carbocycles. The van der Waals surface area contributed by atoms with Crippen molar-refractivity contribution in [2.24, 2.45) is 0 Å². The number of carboxylic acids is 1. The molecule has 0 radical (unpaired) electrons. The number of halogens is 1. The number of thiophene rings is 1. The summed E-state index contributed by atoms with van der Waals surface area (Å²) in [6.45, 7) is 1.81. The molecule has 194 valence electrons. The second-order valence-electron chi connectivity index (χ2n) is 8.70. The number of aliphatic hydroxyl groups excluding tert-OH is 1. The number of hydrogen-bond acceptors (Lipinski definition) is 8. The summed E-state index contributed by atoms with van der Waals surface area (Å²) in [5.74, 6) is -1.86. The van der Waals surface area contributed by atoms with Crippen molar-refractivity contribution in [3.63, 3.8) is 0 Å². The van der Waals surface area contributed by atoms with Gasteiger partial charge in [0.05, 0.1) is 18.4 Å². The van der Waals surface area contributed by atoms with E-state index in [4.69, 9.17) is 16.3 Å². The van der Waals surface area contributed by atoms with Crippen LogP contribution in [0, 0.1) is 0 Å². The minimum Gasteiger partial charge on any atom is -0.493 e. The number of carbonyl (C=O) groups is 2. The Morgan fingerprint density at radius 1 is 1.19 bits per heavy atom. The van der Waals surface area contributed by atoms with Crippen LogP contribution in [0.1, 0.15) is 24.5 Å². The number of sulfonamides is 1. The van der Waals surface area contributed by atoms with Crippen LogP contribution in [-0.2, 0) is 25.2 Å². The van der Waals surface area contributed by atoms with Gasteiger partial charge in [0.2, 0.25) is 0 Å². The average Bonchev–Trinajstić information content (AvgIpc) is 3.57. The van der Waals surface area contributed by atoms with E-state index in [1.807, 2.05) is 0 Å². The van der Waals surface area contributed by atoms with Crippen LogP contribution in [0.4, 0.5) is 5.69 Å². The number of likely N-dealkylation sites (tertiary alicyclic amines) is 1. The number of ether oxygens (including phenoxy) is 1. The lowest BCUT2D eigenvalue weighted by Gasteiger charge is -2.40. The van der Waals surface area contributed by atoms with Gasteiger partial charge in [-0.15, -0.1) is 11.3 Å². The largest absolute Gasteiger partial charge is 0.493 e. The molecule has 2 N–H and O–H groups in total. The predicted molar refractivity (Wildman–Crippen MR) is 138 cm³/mol. The molecule has 0 spiro atoms. The van der Waals surface area contributed by atoms with Gasteiger partial charge in [-0.2, -0.15) is 12.7 Å². The molecule has 12 heteroatoms. The van der Waals surface area contributed by atoms with Gasteiger partial charge < -0.3 is 14.9 Å². The molecule has 1 saturated heterocycles. The highest BCUT2D eigenvalue weighted by molar-refractivity contribution is 7.95. The molecule has 1 unspecified atom stereocenters. The molecule has 2 aliphatic heterocycles. The summed E-state index contributed by atoms with van der Waals surface area (Å²) in [4.78, 5) is 28.5. The number of amides is 1. The number of nitrogens with zero attached hydrogens (tertiary/aromatic N) is 2. The Labute approximate surface area is 222 Å². The minimum absolute atomic E-state index is 0.0492. The van der Waals surface area contributed by atoms with Crippen LogP contribution < -0.4 is 9.04 Å². The van der Waals surface area contributed by atoms with Crippen LogP contribution in [0.25, 0.3) is 0 Å². The van der Waals surface area contributed by atoms with Crippen molar-refractivity contribution in [1.82, 2.24) is 4.90 Å². The summed E-state index contributed by atoms with van der Waals surface area (Å²) in [5.41, 5.74) is -1.46. The normalized spacial score (nSPS) is 23.9. The molecular formula is C25H23ClN2O7S2. The fourth-order valence-electron chi connectivity index (χ4n) is 5.24. The van der Waals surface area contributed by atoms with Gasteiger partial charge in [0, 0.05) is 29.1 Å². The van der Waals surface area contributed by atoms with E-state index in [0.717, 1.165) is 15.6 Å². The molecule has 1 aromatic heterocycles. The molecule has 37 heavy (non-hydrogen) atoms. The highest BCUT2D eigenvalue weighted by atomic mass is 35.5. The van der Waals surface area contributed by atoms with E-state index in [0.29, 0.717) is 0 Å². The molecule has 0 saturated carbocycles. The van der Waals surface area contributed by atoms with Crippen molar-refractivity contribution in [3.8, 4) is 5.75 Å². The molecular weight excluding hydrogens is 540 g/mol. The van der Waals surface area contributed by atoms with Gasteiger partial charge in [-0.1, -0.05) is 35.9 Å². The van der Waals surface area contributed by atoms with E-state index in [9.17, 15) is 28.2 Å². The smallest absolute Gasteiger partial charge is 0.321 e. The number of carboxylic acid groups (broad SMARTS) is 1. The van der Waals surface area contributed by atoms with E-state index in [1.54, 1.807) is 42.6 Å². The number of aliphatic carboxylic acids is 1. The van der Waals surface area contributed by atoms with Crippen LogP contribution in [0.3, 0.4) is 0 Å². The topological polar surface area (TPSA) is 124 Å². The zero-order valence-corrected chi connectivity index (χ0v) is 22.0. The van der Waals surface area contributed by atoms with E-state index >= 15 is 0 Å². The highest BCUT2D eigenvalue weighted by Gasteiger charge is 2.64. The van der Waals surface area contributed by atoms with Gasteiger partial charge in [0.1, 0.15) is 16.0 Å². The van der Waals surface area contributed by atoms with Crippen molar-refractivity contribution >= 4 is 50.5 Å². The second-order valence-corrected chi connectivity index (χ2v) is 12.1. The second kappa shape index (κ2) is 9.41. The third kappa shape index (κ3) is 3.84. The minimum atomic E-state index is -4.37. The summed E-state index contributed by atoms with van der Waals surface area (Å²) in [5, 5.41) is 22.5. The Balaban J connectivity index is 1.89. The number of benzene rings is 2. The first-order valence-corrected chi connectivity index (χ1v) is 14.2. The summed E-state index contributed by atoms with van der Waals surface area (Å²) in [6.07, 6.45) is -1.20. The van der Waals surface area contributed by atoms with Crippen molar-refractivity contribution in [1.29, 1.82) is 0 Å². The molecule has 0 aliphatic carbocycles. The third-order valence-electron chi connectivity index (χ3n) is 6.62. The molecule has 3 heterocycles. The molecule has 1 amide bonds. The van der Waals surface area contributed by atoms with Gasteiger partial charge in [-0.05, 0) is 42.6 Å². The lowest BCUT2D eigenvalue weighted by molar-refractivity contribution is -0.145. The van der Waals surface area contributed by atoms with E-state index < -0.39 is 39.6 Å². The molecule has 5 rings (SSSR count). The summed E-state index contributed by atoms with van der Waals surface area (Å²) >= 11 is 7.35. The Morgan fingerprint density at radius 3 is 2.62 bits per heavy atom. The van der Waals surface area contributed by atoms with Gasteiger partial charge >= 0.3 is 5.97 Å². The van der Waals surface area contributed by atoms with Crippen LogP contribution >= 0.6 is 22.9 Å². The summed E-state index contributed by atoms with van der Waals surface area (Å²) in [6, 6.07) is 12.7. The Hall–Kier alpha value is -2.96. The van der Waals surface area contributed by atoms with Crippen molar-refractivity contribution < 1.29 is 33.0 Å². The first-order chi connectivity index (χ1) is 17.6. The number of para-hydroxylation sites is 1. The van der Waals surface area contributed by atoms with E-state index in [1.165, 1.54) is 29.2 Å². The Morgan fingerprint density at radius 2 is 1.95 bits per heavy atom. The fraction of sp³-hybridized carbons (Fsp3) is 0.280. The lowest BCUT2D eigenvalue weighted by Crippen LogP contribution is -2.58. The number of hydrogen-bond donors (Lipinski definition) is 2. The molecule has 2 aliphatic rings. The van der Waals surface area contributed by atoms with Crippen molar-refractivity contribution in [2.75, 3.05) is 17.5 Å². The van der Waals surface area contributed by atoms with Gasteiger partial charge in [-0.3, -0.25) is 14.5 Å². The average molecular weight is 563 g/mol. The molecule has 1 fully saturated rings. The zero-order chi connectivity index (χ0) is 26.5. The first-order valence-electron chi connectivity index (χ1n) is 11.5. The molecule has 9 nitrogen and oxygen atoms in total. The zero-order valence-electron chi connectivity index (χ0n) is 19.6. The Kier molecular flexibility index (Phi) is 6.53. The third-order valence-corrected chi connectivity index (χ3v) is 9.93. The molecule has 3 atom stereocenters. The first kappa shape index (κ1) is 25.7. The van der Waals surface area contributed by atoms with E-state index in [-0.39, 0.29) is 51.4 Å². The summed E-state index contributed by atoms with van der Waals surface area (Å²) in [7, 11) is -4.37. The van der Waals surface area contributed by atoms with Crippen LogP contribution in [0.5, 0.6) is 5.75 Å².